The van der Waals surface area contributed by atoms with Crippen LogP contribution in [0.2, 0.25) is 0 Å². The van der Waals surface area contributed by atoms with Crippen molar-refractivity contribution in [3.05, 3.63) is 54.4 Å². The highest BCUT2D eigenvalue weighted by atomic mass is 16.6. The van der Waals surface area contributed by atoms with Gasteiger partial charge in [-0.3, -0.25) is 0 Å². The third-order valence-electron chi connectivity index (χ3n) is 2.26. The summed E-state index contributed by atoms with van der Waals surface area (Å²) in [6, 6.07) is 13.5. The van der Waals surface area contributed by atoms with Crippen LogP contribution in [0.4, 0.5) is 0 Å². The number of hydrogen-bond acceptors (Lipinski definition) is 3. The maximum absolute atomic E-state index is 10.2. The van der Waals surface area contributed by atoms with E-state index in [2.05, 4.69) is 9.99 Å². The third kappa shape index (κ3) is 2.98. The van der Waals surface area contributed by atoms with Crippen molar-refractivity contribution in [3.63, 3.8) is 0 Å². The molecule has 18 heavy (non-hydrogen) atoms. The van der Waals surface area contributed by atoms with Crippen molar-refractivity contribution < 1.29 is 14.7 Å². The Morgan fingerprint density at radius 3 is 2.78 bits per heavy atom. The summed E-state index contributed by atoms with van der Waals surface area (Å²) < 4.78 is 1.92. The number of benzene rings is 1. The molecule has 0 bridgehead atoms. The van der Waals surface area contributed by atoms with Gasteiger partial charge in [-0.1, -0.05) is 23.4 Å². The Kier molecular flexibility index (Phi) is 3.76. The molecule has 1 N–H and O–H groups in total. The van der Waals surface area contributed by atoms with Gasteiger partial charge in [0.25, 0.3) is 0 Å². The Morgan fingerprint density at radius 2 is 2.06 bits per heavy atom. The van der Waals surface area contributed by atoms with Gasteiger partial charge in [0.1, 0.15) is 0 Å². The highest BCUT2D eigenvalue weighted by Crippen LogP contribution is 2.10. The number of carboxylic acid groups (broad SMARTS) is 1. The molecule has 0 saturated carbocycles. The molecule has 5 heteroatoms. The molecule has 2 rings (SSSR count). The first-order valence-corrected chi connectivity index (χ1v) is 5.37. The molecular formula is C13H12N2O3. The predicted molar refractivity (Wildman–Crippen MR) is 67.0 cm³/mol. The predicted octanol–water partition coefficient (Wildman–Crippen LogP) is 1.91. The zero-order valence-electron chi connectivity index (χ0n) is 9.56. The molecule has 5 nitrogen and oxygen atoms in total. The molecule has 0 fully saturated rings. The van der Waals surface area contributed by atoms with Gasteiger partial charge in [-0.25, -0.2) is 4.79 Å². The minimum atomic E-state index is -1.05. The SMILES string of the molecule is O=C(O)CO/N=C\c1cccn1-c1ccccc1. The summed E-state index contributed by atoms with van der Waals surface area (Å²) in [5.74, 6) is -1.05. The lowest BCUT2D eigenvalue weighted by atomic mass is 10.3. The normalized spacial score (nSPS) is 10.7. The van der Waals surface area contributed by atoms with Crippen LogP contribution in [0.3, 0.4) is 0 Å². The standard InChI is InChI=1S/C13H12N2O3/c16-13(17)10-18-14-9-12-7-4-8-15(12)11-5-2-1-3-6-11/h1-9H,10H2,(H,16,17)/b14-9-. The van der Waals surface area contributed by atoms with E-state index >= 15 is 0 Å². The van der Waals surface area contributed by atoms with Gasteiger partial charge in [0.15, 0.2) is 0 Å². The van der Waals surface area contributed by atoms with Crippen LogP contribution in [-0.4, -0.2) is 28.5 Å². The number of aliphatic carboxylic acids is 1. The second-order valence-electron chi connectivity index (χ2n) is 3.54. The van der Waals surface area contributed by atoms with Gasteiger partial charge in [0, 0.05) is 11.9 Å². The van der Waals surface area contributed by atoms with Crippen molar-refractivity contribution in [2.45, 2.75) is 0 Å². The van der Waals surface area contributed by atoms with Crippen molar-refractivity contribution >= 4 is 12.2 Å². The average Bonchev–Trinajstić information content (AvgIpc) is 2.84. The molecule has 0 radical (unpaired) electrons. The smallest absolute Gasteiger partial charge is 0.344 e. The van der Waals surface area contributed by atoms with Crippen LogP contribution in [0.15, 0.2) is 53.8 Å². The van der Waals surface area contributed by atoms with Crippen molar-refractivity contribution in [1.82, 2.24) is 4.57 Å². The molecular weight excluding hydrogens is 232 g/mol. The van der Waals surface area contributed by atoms with E-state index in [1.54, 1.807) is 0 Å². The van der Waals surface area contributed by atoms with Gasteiger partial charge in [0.05, 0.1) is 11.9 Å². The largest absolute Gasteiger partial charge is 0.479 e. The molecule has 0 saturated heterocycles. The zero-order chi connectivity index (χ0) is 12.8. The van der Waals surface area contributed by atoms with E-state index in [4.69, 9.17) is 5.11 Å². The molecule has 1 aromatic carbocycles. The van der Waals surface area contributed by atoms with E-state index in [-0.39, 0.29) is 0 Å². The topological polar surface area (TPSA) is 63.8 Å². The molecule has 0 spiro atoms. The quantitative estimate of drug-likeness (QED) is 0.645. The number of hydrogen-bond donors (Lipinski definition) is 1. The molecule has 0 atom stereocenters. The lowest BCUT2D eigenvalue weighted by molar-refractivity contribution is -0.142. The Morgan fingerprint density at radius 1 is 1.28 bits per heavy atom. The molecule has 1 aromatic heterocycles. The summed E-state index contributed by atoms with van der Waals surface area (Å²) in [4.78, 5) is 14.9. The fraction of sp³-hybridized carbons (Fsp3) is 0.0769. The first-order valence-electron chi connectivity index (χ1n) is 5.37. The summed E-state index contributed by atoms with van der Waals surface area (Å²) in [6.45, 7) is -0.442. The highest BCUT2D eigenvalue weighted by Gasteiger charge is 2.00. The lowest BCUT2D eigenvalue weighted by Crippen LogP contribution is -2.04. The van der Waals surface area contributed by atoms with E-state index in [1.165, 1.54) is 6.21 Å². The van der Waals surface area contributed by atoms with Crippen LogP contribution in [0.1, 0.15) is 5.69 Å². The van der Waals surface area contributed by atoms with Gasteiger partial charge >= 0.3 is 5.97 Å². The Bertz CT molecular complexity index is 546. The van der Waals surface area contributed by atoms with Crippen LogP contribution in [0.25, 0.3) is 5.69 Å². The van der Waals surface area contributed by atoms with Crippen LogP contribution in [0.5, 0.6) is 0 Å². The van der Waals surface area contributed by atoms with Crippen molar-refractivity contribution in [3.8, 4) is 5.69 Å². The maximum atomic E-state index is 10.2. The van der Waals surface area contributed by atoms with Crippen molar-refractivity contribution in [1.29, 1.82) is 0 Å². The van der Waals surface area contributed by atoms with E-state index in [1.807, 2.05) is 53.2 Å². The number of carboxylic acids is 1. The molecule has 2 aromatic rings. The van der Waals surface area contributed by atoms with E-state index in [0.717, 1.165) is 11.4 Å². The van der Waals surface area contributed by atoms with Gasteiger partial charge in [-0.15, -0.1) is 0 Å². The average molecular weight is 244 g/mol. The molecule has 92 valence electrons. The summed E-state index contributed by atoms with van der Waals surface area (Å²) in [5.41, 5.74) is 1.81. The number of nitrogens with zero attached hydrogens (tertiary/aromatic N) is 2. The van der Waals surface area contributed by atoms with Gasteiger partial charge in [0.2, 0.25) is 6.61 Å². The number of oxime groups is 1. The molecule has 0 aliphatic carbocycles. The van der Waals surface area contributed by atoms with Gasteiger partial charge in [-0.2, -0.15) is 0 Å². The molecule has 0 aliphatic heterocycles. The summed E-state index contributed by atoms with van der Waals surface area (Å²) in [5, 5.41) is 12.0. The van der Waals surface area contributed by atoms with Crippen LogP contribution >= 0.6 is 0 Å². The minimum Gasteiger partial charge on any atom is -0.479 e. The second-order valence-corrected chi connectivity index (χ2v) is 3.54. The molecule has 0 aliphatic rings. The fourth-order valence-electron chi connectivity index (χ4n) is 1.51. The van der Waals surface area contributed by atoms with Gasteiger partial charge < -0.3 is 14.5 Å². The van der Waals surface area contributed by atoms with Crippen LogP contribution in [0, 0.1) is 0 Å². The Hall–Kier alpha value is -2.56. The van der Waals surface area contributed by atoms with Gasteiger partial charge in [-0.05, 0) is 24.3 Å². The number of carbonyl (C=O) groups is 1. The Labute approximate surface area is 104 Å². The lowest BCUT2D eigenvalue weighted by Gasteiger charge is -2.05. The number of para-hydroxylation sites is 1. The molecule has 0 amide bonds. The third-order valence-corrected chi connectivity index (χ3v) is 2.26. The number of rotatable bonds is 5. The monoisotopic (exact) mass is 244 g/mol. The number of aromatic nitrogens is 1. The minimum absolute atomic E-state index is 0.442. The summed E-state index contributed by atoms with van der Waals surface area (Å²) >= 11 is 0. The first kappa shape index (κ1) is 11.9. The maximum Gasteiger partial charge on any atom is 0.344 e. The van der Waals surface area contributed by atoms with Crippen molar-refractivity contribution in [2.75, 3.05) is 6.61 Å². The molecule has 1 heterocycles. The highest BCUT2D eigenvalue weighted by molar-refractivity contribution is 5.78. The van der Waals surface area contributed by atoms with Crippen LogP contribution in [-0.2, 0) is 9.63 Å². The summed E-state index contributed by atoms with van der Waals surface area (Å²) in [6.07, 6.45) is 3.38. The zero-order valence-corrected chi connectivity index (χ0v) is 9.56. The first-order chi connectivity index (χ1) is 8.77. The molecule has 0 unspecified atom stereocenters. The van der Waals surface area contributed by atoms with E-state index in [0.29, 0.717) is 0 Å². The summed E-state index contributed by atoms with van der Waals surface area (Å²) in [7, 11) is 0. The van der Waals surface area contributed by atoms with Crippen LogP contribution < -0.4 is 0 Å². The van der Waals surface area contributed by atoms with E-state index in [9.17, 15) is 4.79 Å². The Balaban J connectivity index is 2.11. The van der Waals surface area contributed by atoms with Crippen molar-refractivity contribution in [2.24, 2.45) is 5.16 Å². The fourth-order valence-corrected chi connectivity index (χ4v) is 1.51. The second kappa shape index (κ2) is 5.67. The van der Waals surface area contributed by atoms with E-state index < -0.39 is 12.6 Å².